The maximum absolute atomic E-state index is 12.8. The number of aryl methyl sites for hydroxylation is 1. The van der Waals surface area contributed by atoms with E-state index in [-0.39, 0.29) is 11.2 Å². The molecule has 1 aromatic carbocycles. The second-order valence-corrected chi connectivity index (χ2v) is 5.83. The average Bonchev–Trinajstić information content (AvgIpc) is 2.26. The quantitative estimate of drug-likeness (QED) is 0.794. The van der Waals surface area contributed by atoms with Gasteiger partial charge in [0.15, 0.2) is 0 Å². The largest absolute Gasteiger partial charge is 0.314 e. The van der Waals surface area contributed by atoms with Gasteiger partial charge in [0.2, 0.25) is 0 Å². The fourth-order valence-electron chi connectivity index (χ4n) is 1.70. The van der Waals surface area contributed by atoms with E-state index in [9.17, 15) is 4.39 Å². The first-order valence-electron chi connectivity index (χ1n) is 6.37. The molecule has 1 N–H and O–H groups in total. The second kappa shape index (κ2) is 6.15. The highest BCUT2D eigenvalue weighted by molar-refractivity contribution is 5.16. The van der Waals surface area contributed by atoms with Gasteiger partial charge >= 0.3 is 0 Å². The lowest BCUT2D eigenvalue weighted by molar-refractivity contribution is 0.304. The smallest absolute Gasteiger partial charge is 0.123 e. The number of nitrogens with one attached hydrogen (secondary N) is 1. The van der Waals surface area contributed by atoms with E-state index in [0.29, 0.717) is 6.04 Å². The van der Waals surface area contributed by atoms with Crippen molar-refractivity contribution in [3.05, 3.63) is 35.6 Å². The van der Waals surface area contributed by atoms with E-state index >= 15 is 0 Å². The molecule has 0 bridgehead atoms. The molecule has 0 fully saturated rings. The molecule has 0 aromatic heterocycles. The standard InChI is InChI=1S/C15H24FN/c1-12(2)17-11-15(3,4)10-9-13-5-7-14(16)8-6-13/h5-8,12,17H,9-11H2,1-4H3. The van der Waals surface area contributed by atoms with Crippen LogP contribution in [0.2, 0.25) is 0 Å². The molecule has 0 radical (unpaired) electrons. The Kier molecular flexibility index (Phi) is 5.13. The van der Waals surface area contributed by atoms with Gasteiger partial charge < -0.3 is 5.32 Å². The van der Waals surface area contributed by atoms with Crippen molar-refractivity contribution in [2.45, 2.75) is 46.6 Å². The first-order valence-corrected chi connectivity index (χ1v) is 6.37. The molecule has 0 atom stereocenters. The van der Waals surface area contributed by atoms with Crippen LogP contribution in [0.25, 0.3) is 0 Å². The molecule has 1 rings (SSSR count). The SMILES string of the molecule is CC(C)NCC(C)(C)CCc1ccc(F)cc1. The molecule has 0 aliphatic heterocycles. The average molecular weight is 237 g/mol. The van der Waals surface area contributed by atoms with Gasteiger partial charge in [0.05, 0.1) is 0 Å². The van der Waals surface area contributed by atoms with Crippen molar-refractivity contribution in [1.29, 1.82) is 0 Å². The molecule has 1 aromatic rings. The lowest BCUT2D eigenvalue weighted by Crippen LogP contribution is -2.34. The Bertz CT molecular complexity index is 327. The van der Waals surface area contributed by atoms with Crippen molar-refractivity contribution >= 4 is 0 Å². The van der Waals surface area contributed by atoms with Gasteiger partial charge in [-0.3, -0.25) is 0 Å². The molecule has 0 spiro atoms. The van der Waals surface area contributed by atoms with Crippen molar-refractivity contribution in [3.63, 3.8) is 0 Å². The molecule has 0 amide bonds. The molecule has 2 heteroatoms. The van der Waals surface area contributed by atoms with Crippen LogP contribution in [0.5, 0.6) is 0 Å². The van der Waals surface area contributed by atoms with Crippen LogP contribution in [0.3, 0.4) is 0 Å². The van der Waals surface area contributed by atoms with Crippen LogP contribution in [0.4, 0.5) is 4.39 Å². The molecule has 0 aliphatic rings. The highest BCUT2D eigenvalue weighted by Gasteiger charge is 2.17. The third-order valence-electron chi connectivity index (χ3n) is 2.99. The Morgan fingerprint density at radius 1 is 1.18 bits per heavy atom. The Balaban J connectivity index is 2.40. The van der Waals surface area contributed by atoms with Gasteiger partial charge in [-0.1, -0.05) is 39.8 Å². The van der Waals surface area contributed by atoms with Gasteiger partial charge in [0, 0.05) is 12.6 Å². The lowest BCUT2D eigenvalue weighted by atomic mass is 9.86. The monoisotopic (exact) mass is 237 g/mol. The van der Waals surface area contributed by atoms with Crippen LogP contribution in [0.15, 0.2) is 24.3 Å². The van der Waals surface area contributed by atoms with Gasteiger partial charge in [-0.15, -0.1) is 0 Å². The molecule has 0 unspecified atom stereocenters. The van der Waals surface area contributed by atoms with Gasteiger partial charge in [-0.25, -0.2) is 4.39 Å². The summed E-state index contributed by atoms with van der Waals surface area (Å²) in [5.74, 6) is -0.158. The number of hydrogen-bond acceptors (Lipinski definition) is 1. The molecule has 0 heterocycles. The van der Waals surface area contributed by atoms with Gasteiger partial charge in [0.25, 0.3) is 0 Å². The number of rotatable bonds is 6. The summed E-state index contributed by atoms with van der Waals surface area (Å²) < 4.78 is 12.8. The third kappa shape index (κ3) is 5.83. The number of hydrogen-bond donors (Lipinski definition) is 1. The van der Waals surface area contributed by atoms with Gasteiger partial charge in [-0.2, -0.15) is 0 Å². The van der Waals surface area contributed by atoms with Gasteiger partial charge in [-0.05, 0) is 36.0 Å². The van der Waals surface area contributed by atoms with E-state index < -0.39 is 0 Å². The van der Waals surface area contributed by atoms with Crippen molar-refractivity contribution in [1.82, 2.24) is 5.32 Å². The first-order chi connectivity index (χ1) is 7.89. The molecule has 0 saturated carbocycles. The normalized spacial score (nSPS) is 12.1. The van der Waals surface area contributed by atoms with Crippen molar-refractivity contribution < 1.29 is 4.39 Å². The summed E-state index contributed by atoms with van der Waals surface area (Å²) in [5, 5.41) is 3.47. The predicted molar refractivity (Wildman–Crippen MR) is 71.6 cm³/mol. The molecule has 1 nitrogen and oxygen atoms in total. The molecular formula is C15H24FN. The molecule has 0 saturated heterocycles. The minimum atomic E-state index is -0.158. The second-order valence-electron chi connectivity index (χ2n) is 5.83. The minimum Gasteiger partial charge on any atom is -0.314 e. The first kappa shape index (κ1) is 14.2. The number of benzene rings is 1. The van der Waals surface area contributed by atoms with E-state index in [1.54, 1.807) is 0 Å². The van der Waals surface area contributed by atoms with Crippen LogP contribution in [0.1, 0.15) is 39.7 Å². The summed E-state index contributed by atoms with van der Waals surface area (Å²) in [5.41, 5.74) is 1.49. The maximum atomic E-state index is 12.8. The number of halogens is 1. The van der Waals surface area contributed by atoms with Crippen molar-refractivity contribution in [2.24, 2.45) is 5.41 Å². The highest BCUT2D eigenvalue weighted by Crippen LogP contribution is 2.22. The van der Waals surface area contributed by atoms with Gasteiger partial charge in [0.1, 0.15) is 5.82 Å². The summed E-state index contributed by atoms with van der Waals surface area (Å²) in [4.78, 5) is 0. The van der Waals surface area contributed by atoms with E-state index in [1.165, 1.54) is 17.7 Å². The summed E-state index contributed by atoms with van der Waals surface area (Å²) in [6, 6.07) is 7.35. The topological polar surface area (TPSA) is 12.0 Å². The zero-order chi connectivity index (χ0) is 12.9. The van der Waals surface area contributed by atoms with E-state index in [1.807, 2.05) is 12.1 Å². The zero-order valence-electron chi connectivity index (χ0n) is 11.4. The highest BCUT2D eigenvalue weighted by atomic mass is 19.1. The zero-order valence-corrected chi connectivity index (χ0v) is 11.4. The predicted octanol–water partition coefficient (Wildman–Crippen LogP) is 3.78. The third-order valence-corrected chi connectivity index (χ3v) is 2.99. The fourth-order valence-corrected chi connectivity index (χ4v) is 1.70. The Hall–Kier alpha value is -0.890. The molecule has 0 aliphatic carbocycles. The van der Waals surface area contributed by atoms with Crippen molar-refractivity contribution in [2.75, 3.05) is 6.54 Å². The lowest BCUT2D eigenvalue weighted by Gasteiger charge is -2.26. The Morgan fingerprint density at radius 3 is 2.29 bits per heavy atom. The molecule has 96 valence electrons. The van der Waals surface area contributed by atoms with E-state index in [4.69, 9.17) is 0 Å². The van der Waals surface area contributed by atoms with E-state index in [2.05, 4.69) is 33.0 Å². The van der Waals surface area contributed by atoms with Crippen LogP contribution in [-0.2, 0) is 6.42 Å². The van der Waals surface area contributed by atoms with Crippen LogP contribution < -0.4 is 5.32 Å². The Morgan fingerprint density at radius 2 is 1.76 bits per heavy atom. The fraction of sp³-hybridized carbons (Fsp3) is 0.600. The molecular weight excluding hydrogens is 213 g/mol. The Labute approximate surface area is 104 Å². The molecule has 17 heavy (non-hydrogen) atoms. The minimum absolute atomic E-state index is 0.158. The van der Waals surface area contributed by atoms with Crippen LogP contribution in [0, 0.1) is 11.2 Å². The van der Waals surface area contributed by atoms with Crippen molar-refractivity contribution in [3.8, 4) is 0 Å². The van der Waals surface area contributed by atoms with Crippen LogP contribution >= 0.6 is 0 Å². The maximum Gasteiger partial charge on any atom is 0.123 e. The van der Waals surface area contributed by atoms with E-state index in [0.717, 1.165) is 19.4 Å². The van der Waals surface area contributed by atoms with Crippen LogP contribution in [-0.4, -0.2) is 12.6 Å². The summed E-state index contributed by atoms with van der Waals surface area (Å²) >= 11 is 0. The summed E-state index contributed by atoms with van der Waals surface area (Å²) in [7, 11) is 0. The summed E-state index contributed by atoms with van der Waals surface area (Å²) in [6.07, 6.45) is 2.12. The summed E-state index contributed by atoms with van der Waals surface area (Å²) in [6.45, 7) is 9.88.